The van der Waals surface area contributed by atoms with Gasteiger partial charge in [-0.2, -0.15) is 0 Å². The molecule has 3 aromatic rings. The molecule has 0 aliphatic rings. The van der Waals surface area contributed by atoms with E-state index in [1.54, 1.807) is 11.3 Å². The van der Waals surface area contributed by atoms with Gasteiger partial charge in [0, 0.05) is 30.0 Å². The van der Waals surface area contributed by atoms with Crippen molar-refractivity contribution in [3.05, 3.63) is 70.9 Å². The number of thiophene rings is 1. The summed E-state index contributed by atoms with van der Waals surface area (Å²) in [4.78, 5) is 5.74. The van der Waals surface area contributed by atoms with Crippen LogP contribution in [-0.2, 0) is 7.05 Å². The van der Waals surface area contributed by atoms with Crippen LogP contribution < -0.4 is 5.32 Å². The van der Waals surface area contributed by atoms with E-state index in [1.807, 2.05) is 37.6 Å². The fourth-order valence-electron chi connectivity index (χ4n) is 2.07. The third-order valence-corrected chi connectivity index (χ3v) is 3.97. The van der Waals surface area contributed by atoms with Crippen LogP contribution in [-0.4, -0.2) is 9.55 Å². The Morgan fingerprint density at radius 3 is 2.63 bits per heavy atom. The maximum Gasteiger partial charge on any atom is 0.136 e. The second-order valence-corrected chi connectivity index (χ2v) is 5.33. The highest BCUT2D eigenvalue weighted by atomic mass is 32.1. The van der Waals surface area contributed by atoms with E-state index in [0.717, 1.165) is 11.5 Å². The van der Waals surface area contributed by atoms with Crippen LogP contribution in [0.5, 0.6) is 0 Å². The van der Waals surface area contributed by atoms with Gasteiger partial charge in [-0.1, -0.05) is 24.3 Å². The molecule has 96 valence electrons. The summed E-state index contributed by atoms with van der Waals surface area (Å²) in [5, 5.41) is 5.65. The molecule has 1 atom stereocenters. The number of nitrogens with one attached hydrogen (secondary N) is 1. The second-order valence-electron chi connectivity index (χ2n) is 4.36. The SMILES string of the molecule is Cn1ccnc1C(Nc1ccccc1)c1cccs1. The highest BCUT2D eigenvalue weighted by molar-refractivity contribution is 7.10. The van der Waals surface area contributed by atoms with Crippen LogP contribution in [0.1, 0.15) is 16.7 Å². The molecule has 0 amide bonds. The highest BCUT2D eigenvalue weighted by Crippen LogP contribution is 2.28. The highest BCUT2D eigenvalue weighted by Gasteiger charge is 2.18. The number of rotatable bonds is 4. The van der Waals surface area contributed by atoms with Gasteiger partial charge in [-0.3, -0.25) is 0 Å². The average molecular weight is 269 g/mol. The standard InChI is InChI=1S/C15H15N3S/c1-18-10-9-16-15(18)14(13-8-5-11-19-13)17-12-6-3-2-4-7-12/h2-11,14,17H,1H3. The molecule has 0 saturated carbocycles. The quantitative estimate of drug-likeness (QED) is 0.783. The number of nitrogens with zero attached hydrogens (tertiary/aromatic N) is 2. The van der Waals surface area contributed by atoms with Gasteiger partial charge in [-0.05, 0) is 23.6 Å². The van der Waals surface area contributed by atoms with Crippen molar-refractivity contribution in [3.8, 4) is 0 Å². The number of hydrogen-bond donors (Lipinski definition) is 1. The minimum atomic E-state index is 0.0856. The Labute approximate surface area is 116 Å². The Morgan fingerprint density at radius 1 is 1.16 bits per heavy atom. The lowest BCUT2D eigenvalue weighted by Crippen LogP contribution is -2.15. The van der Waals surface area contributed by atoms with Crippen LogP contribution in [0.4, 0.5) is 5.69 Å². The van der Waals surface area contributed by atoms with E-state index in [0.29, 0.717) is 0 Å². The minimum Gasteiger partial charge on any atom is -0.371 e. The Balaban J connectivity index is 1.96. The molecule has 3 nitrogen and oxygen atoms in total. The monoisotopic (exact) mass is 269 g/mol. The smallest absolute Gasteiger partial charge is 0.136 e. The molecule has 19 heavy (non-hydrogen) atoms. The van der Waals surface area contributed by atoms with Crippen molar-refractivity contribution in [3.63, 3.8) is 0 Å². The van der Waals surface area contributed by atoms with Gasteiger partial charge >= 0.3 is 0 Å². The van der Waals surface area contributed by atoms with Crippen molar-refractivity contribution in [2.45, 2.75) is 6.04 Å². The molecule has 0 bridgehead atoms. The molecule has 0 saturated heterocycles. The first-order valence-corrected chi connectivity index (χ1v) is 7.05. The van der Waals surface area contributed by atoms with E-state index in [9.17, 15) is 0 Å². The van der Waals surface area contributed by atoms with Crippen LogP contribution in [0.2, 0.25) is 0 Å². The molecule has 0 fully saturated rings. The maximum atomic E-state index is 4.48. The minimum absolute atomic E-state index is 0.0856. The molecule has 0 radical (unpaired) electrons. The number of aryl methyl sites for hydroxylation is 1. The lowest BCUT2D eigenvalue weighted by Gasteiger charge is -2.18. The first-order chi connectivity index (χ1) is 9.34. The van der Waals surface area contributed by atoms with Crippen LogP contribution in [0.3, 0.4) is 0 Å². The lowest BCUT2D eigenvalue weighted by atomic mass is 10.2. The van der Waals surface area contributed by atoms with Crippen LogP contribution in [0.25, 0.3) is 0 Å². The molecule has 1 unspecified atom stereocenters. The number of benzene rings is 1. The Kier molecular flexibility index (Phi) is 3.33. The topological polar surface area (TPSA) is 29.9 Å². The third kappa shape index (κ3) is 2.53. The largest absolute Gasteiger partial charge is 0.371 e. The van der Waals surface area contributed by atoms with Crippen LogP contribution in [0.15, 0.2) is 60.2 Å². The third-order valence-electron chi connectivity index (χ3n) is 3.03. The Hall–Kier alpha value is -2.07. The van der Waals surface area contributed by atoms with Gasteiger partial charge in [0.05, 0.1) is 0 Å². The molecule has 2 heterocycles. The Bertz CT molecular complexity index is 628. The first kappa shape index (κ1) is 12.0. The zero-order valence-corrected chi connectivity index (χ0v) is 11.5. The summed E-state index contributed by atoms with van der Waals surface area (Å²) in [6.07, 6.45) is 3.81. The van der Waals surface area contributed by atoms with Gasteiger partial charge in [0.2, 0.25) is 0 Å². The van der Waals surface area contributed by atoms with Crippen molar-refractivity contribution < 1.29 is 0 Å². The molecule has 1 aromatic carbocycles. The summed E-state index contributed by atoms with van der Waals surface area (Å²) in [7, 11) is 2.02. The lowest BCUT2D eigenvalue weighted by molar-refractivity contribution is 0.756. The fourth-order valence-corrected chi connectivity index (χ4v) is 2.85. The maximum absolute atomic E-state index is 4.48. The summed E-state index contributed by atoms with van der Waals surface area (Å²) in [6, 6.07) is 14.5. The molecule has 2 aromatic heterocycles. The van der Waals surface area contributed by atoms with E-state index in [-0.39, 0.29) is 6.04 Å². The fraction of sp³-hybridized carbons (Fsp3) is 0.133. The average Bonchev–Trinajstić information content (AvgIpc) is 3.09. The van der Waals surface area contributed by atoms with E-state index in [2.05, 4.69) is 44.5 Å². The van der Waals surface area contributed by atoms with Crippen molar-refractivity contribution >= 4 is 17.0 Å². The number of para-hydroxylation sites is 1. The van der Waals surface area contributed by atoms with Crippen molar-refractivity contribution in [2.24, 2.45) is 7.05 Å². The van der Waals surface area contributed by atoms with Crippen molar-refractivity contribution in [1.82, 2.24) is 9.55 Å². The molecule has 0 aliphatic carbocycles. The zero-order valence-electron chi connectivity index (χ0n) is 10.7. The van der Waals surface area contributed by atoms with Crippen LogP contribution >= 0.6 is 11.3 Å². The normalized spacial score (nSPS) is 12.3. The van der Waals surface area contributed by atoms with Crippen molar-refractivity contribution in [1.29, 1.82) is 0 Å². The van der Waals surface area contributed by atoms with Gasteiger partial charge in [0.1, 0.15) is 11.9 Å². The van der Waals surface area contributed by atoms with E-state index < -0.39 is 0 Å². The van der Waals surface area contributed by atoms with E-state index in [4.69, 9.17) is 0 Å². The Morgan fingerprint density at radius 2 is 2.00 bits per heavy atom. The predicted molar refractivity (Wildman–Crippen MR) is 79.4 cm³/mol. The van der Waals surface area contributed by atoms with Gasteiger partial charge in [0.15, 0.2) is 0 Å². The van der Waals surface area contributed by atoms with Gasteiger partial charge in [0.25, 0.3) is 0 Å². The van der Waals surface area contributed by atoms with E-state index >= 15 is 0 Å². The number of anilines is 1. The summed E-state index contributed by atoms with van der Waals surface area (Å²) >= 11 is 1.74. The first-order valence-electron chi connectivity index (χ1n) is 6.17. The van der Waals surface area contributed by atoms with E-state index in [1.165, 1.54) is 4.88 Å². The molecule has 4 heteroatoms. The summed E-state index contributed by atoms with van der Waals surface area (Å²) in [6.45, 7) is 0. The molecule has 1 N–H and O–H groups in total. The second kappa shape index (κ2) is 5.28. The molecule has 0 spiro atoms. The summed E-state index contributed by atoms with van der Waals surface area (Å²) in [5.74, 6) is 1.02. The molecular formula is C15H15N3S. The number of hydrogen-bond acceptors (Lipinski definition) is 3. The molecular weight excluding hydrogens is 254 g/mol. The zero-order chi connectivity index (χ0) is 13.1. The number of imidazole rings is 1. The van der Waals surface area contributed by atoms with Crippen molar-refractivity contribution in [2.75, 3.05) is 5.32 Å². The van der Waals surface area contributed by atoms with Gasteiger partial charge < -0.3 is 9.88 Å². The van der Waals surface area contributed by atoms with Gasteiger partial charge in [-0.15, -0.1) is 11.3 Å². The summed E-state index contributed by atoms with van der Waals surface area (Å²) in [5.41, 5.74) is 1.10. The van der Waals surface area contributed by atoms with Crippen LogP contribution in [0, 0.1) is 0 Å². The van der Waals surface area contributed by atoms with Gasteiger partial charge in [-0.25, -0.2) is 4.98 Å². The molecule has 3 rings (SSSR count). The number of aromatic nitrogens is 2. The molecule has 0 aliphatic heterocycles. The predicted octanol–water partition coefficient (Wildman–Crippen LogP) is 3.68. The summed E-state index contributed by atoms with van der Waals surface area (Å²) < 4.78 is 2.06.